The third kappa shape index (κ3) is 3.89. The van der Waals surface area contributed by atoms with Crippen molar-refractivity contribution in [2.45, 2.75) is 50.9 Å². The molecule has 0 unspecified atom stereocenters. The number of ether oxygens (including phenoxy) is 2. The lowest BCUT2D eigenvalue weighted by Crippen LogP contribution is -2.29. The molecule has 1 fully saturated rings. The zero-order valence-corrected chi connectivity index (χ0v) is 16.2. The van der Waals surface area contributed by atoms with Gasteiger partial charge in [-0.3, -0.25) is 4.79 Å². The Hall–Kier alpha value is -2.63. The van der Waals surface area contributed by atoms with Gasteiger partial charge in [0.25, 0.3) is 5.91 Å². The van der Waals surface area contributed by atoms with Gasteiger partial charge in [-0.05, 0) is 43.5 Å². The molecule has 1 saturated carbocycles. The molecule has 1 heterocycles. The summed E-state index contributed by atoms with van der Waals surface area (Å²) in [5.74, 6) is 0.972. The first-order chi connectivity index (χ1) is 13.1. The summed E-state index contributed by atoms with van der Waals surface area (Å²) in [4.78, 5) is 12.7. The average molecular weight is 369 g/mol. The number of aromatic nitrogens is 2. The van der Waals surface area contributed by atoms with Gasteiger partial charge < -0.3 is 14.8 Å². The molecule has 0 radical (unpaired) electrons. The van der Waals surface area contributed by atoms with Gasteiger partial charge in [-0.2, -0.15) is 5.10 Å². The molecule has 3 rings (SSSR count). The minimum atomic E-state index is -0.339. The second kappa shape index (κ2) is 8.37. The number of carbonyl (C=O) groups is 1. The van der Waals surface area contributed by atoms with Crippen LogP contribution < -0.4 is 14.8 Å². The number of hydrogen-bond donors (Lipinski definition) is 1. The summed E-state index contributed by atoms with van der Waals surface area (Å²) in [6, 6.07) is 9.04. The van der Waals surface area contributed by atoms with Crippen LogP contribution in [0.4, 0.5) is 5.82 Å². The molecule has 0 bridgehead atoms. The van der Waals surface area contributed by atoms with Crippen LogP contribution in [-0.2, 0) is 5.41 Å². The highest BCUT2D eigenvalue weighted by Gasteiger charge is 2.33. The number of methoxy groups -OCH3 is 2. The summed E-state index contributed by atoms with van der Waals surface area (Å²) >= 11 is 0. The van der Waals surface area contributed by atoms with Gasteiger partial charge in [-0.25, -0.2) is 0 Å². The summed E-state index contributed by atoms with van der Waals surface area (Å²) in [5.41, 5.74) is 1.49. The topological polar surface area (TPSA) is 73.3 Å². The summed E-state index contributed by atoms with van der Waals surface area (Å²) in [6.07, 6.45) is 7.14. The van der Waals surface area contributed by atoms with E-state index in [-0.39, 0.29) is 11.3 Å². The van der Waals surface area contributed by atoms with E-state index in [1.54, 1.807) is 18.2 Å². The second-order valence-electron chi connectivity index (χ2n) is 6.99. The molecule has 1 amide bonds. The minimum absolute atomic E-state index is 0.125. The predicted molar refractivity (Wildman–Crippen MR) is 105 cm³/mol. The van der Waals surface area contributed by atoms with E-state index in [0.717, 1.165) is 25.0 Å². The van der Waals surface area contributed by atoms with Crippen LogP contribution in [0.3, 0.4) is 0 Å². The monoisotopic (exact) mass is 369 g/mol. The molecule has 6 nitrogen and oxygen atoms in total. The van der Waals surface area contributed by atoms with Crippen molar-refractivity contribution in [3.63, 3.8) is 0 Å². The number of nitrogens with one attached hydrogen (secondary N) is 1. The van der Waals surface area contributed by atoms with E-state index < -0.39 is 0 Å². The molecular formula is C21H27N3O3. The fourth-order valence-corrected chi connectivity index (χ4v) is 3.95. The maximum atomic E-state index is 12.7. The quantitative estimate of drug-likeness (QED) is 0.819. The fourth-order valence-electron chi connectivity index (χ4n) is 3.95. The standard InChI is InChI=1S/C21H27N3O3/c1-4-21(13-6-5-7-14-21)17-11-12-18(24-23-17)22-20(25)19-15(26-2)9-8-10-16(19)27-3/h8-12H,4-7,13-14H2,1-3H3,(H,22,24,25). The average Bonchev–Trinajstić information content (AvgIpc) is 2.74. The largest absolute Gasteiger partial charge is 0.496 e. The molecule has 0 saturated heterocycles. The molecule has 1 aliphatic rings. The number of rotatable bonds is 6. The highest BCUT2D eigenvalue weighted by molar-refractivity contribution is 6.07. The van der Waals surface area contributed by atoms with Gasteiger partial charge in [0.1, 0.15) is 17.1 Å². The van der Waals surface area contributed by atoms with Crippen LogP contribution in [-0.4, -0.2) is 30.3 Å². The van der Waals surface area contributed by atoms with E-state index in [9.17, 15) is 4.79 Å². The predicted octanol–water partition coefficient (Wildman–Crippen LogP) is 4.36. The summed E-state index contributed by atoms with van der Waals surface area (Å²) < 4.78 is 10.6. The Morgan fingerprint density at radius 1 is 1.04 bits per heavy atom. The van der Waals surface area contributed by atoms with E-state index in [0.29, 0.717) is 22.9 Å². The van der Waals surface area contributed by atoms with E-state index in [4.69, 9.17) is 9.47 Å². The lowest BCUT2D eigenvalue weighted by molar-refractivity contribution is 0.102. The van der Waals surface area contributed by atoms with E-state index in [1.807, 2.05) is 12.1 Å². The minimum Gasteiger partial charge on any atom is -0.496 e. The van der Waals surface area contributed by atoms with Gasteiger partial charge in [0.05, 0.1) is 19.9 Å². The number of hydrogen-bond acceptors (Lipinski definition) is 5. The van der Waals surface area contributed by atoms with Crippen molar-refractivity contribution < 1.29 is 14.3 Å². The van der Waals surface area contributed by atoms with Crippen molar-refractivity contribution in [3.05, 3.63) is 41.6 Å². The summed E-state index contributed by atoms with van der Waals surface area (Å²) in [5, 5.41) is 11.5. The van der Waals surface area contributed by atoms with Crippen LogP contribution in [0.2, 0.25) is 0 Å². The van der Waals surface area contributed by atoms with Crippen LogP contribution in [0.15, 0.2) is 30.3 Å². The van der Waals surface area contributed by atoms with Crippen LogP contribution in [0, 0.1) is 0 Å². The highest BCUT2D eigenvalue weighted by Crippen LogP contribution is 2.41. The van der Waals surface area contributed by atoms with E-state index in [1.165, 1.54) is 33.5 Å². The van der Waals surface area contributed by atoms with E-state index in [2.05, 4.69) is 22.4 Å². The Balaban J connectivity index is 1.80. The van der Waals surface area contributed by atoms with Crippen LogP contribution >= 0.6 is 0 Å². The van der Waals surface area contributed by atoms with Gasteiger partial charge in [0, 0.05) is 5.41 Å². The van der Waals surface area contributed by atoms with Crippen molar-refractivity contribution in [1.29, 1.82) is 0 Å². The molecule has 1 aromatic carbocycles. The number of amides is 1. The smallest absolute Gasteiger partial charge is 0.264 e. The Labute approximate surface area is 160 Å². The number of anilines is 1. The fraction of sp³-hybridized carbons (Fsp3) is 0.476. The Bertz CT molecular complexity index is 762. The molecule has 2 aromatic rings. The van der Waals surface area contributed by atoms with Crippen molar-refractivity contribution in [3.8, 4) is 11.5 Å². The highest BCUT2D eigenvalue weighted by atomic mass is 16.5. The van der Waals surface area contributed by atoms with E-state index >= 15 is 0 Å². The molecule has 6 heteroatoms. The second-order valence-corrected chi connectivity index (χ2v) is 6.99. The third-order valence-electron chi connectivity index (χ3n) is 5.59. The molecule has 1 N–H and O–H groups in total. The molecular weight excluding hydrogens is 342 g/mol. The number of benzene rings is 1. The molecule has 0 aliphatic heterocycles. The van der Waals surface area contributed by atoms with Gasteiger partial charge in [0.2, 0.25) is 0 Å². The first kappa shape index (κ1) is 19.1. The van der Waals surface area contributed by atoms with Crippen molar-refractivity contribution in [2.75, 3.05) is 19.5 Å². The first-order valence-corrected chi connectivity index (χ1v) is 9.50. The first-order valence-electron chi connectivity index (χ1n) is 9.50. The van der Waals surface area contributed by atoms with Crippen molar-refractivity contribution in [1.82, 2.24) is 10.2 Å². The zero-order valence-electron chi connectivity index (χ0n) is 16.2. The maximum absolute atomic E-state index is 12.7. The Morgan fingerprint density at radius 3 is 2.22 bits per heavy atom. The van der Waals surface area contributed by atoms with Crippen molar-refractivity contribution in [2.24, 2.45) is 0 Å². The lowest BCUT2D eigenvalue weighted by Gasteiger charge is -2.35. The molecule has 1 aliphatic carbocycles. The number of nitrogens with zero attached hydrogens (tertiary/aromatic N) is 2. The van der Waals surface area contributed by atoms with Crippen molar-refractivity contribution >= 4 is 11.7 Å². The van der Waals surface area contributed by atoms with Crippen LogP contribution in [0.5, 0.6) is 11.5 Å². The normalized spacial score (nSPS) is 15.8. The third-order valence-corrected chi connectivity index (χ3v) is 5.59. The molecule has 1 aromatic heterocycles. The van der Waals surface area contributed by atoms with Gasteiger partial charge in [-0.1, -0.05) is 32.3 Å². The summed E-state index contributed by atoms with van der Waals surface area (Å²) in [7, 11) is 3.04. The van der Waals surface area contributed by atoms with Crippen LogP contribution in [0.1, 0.15) is 61.5 Å². The molecule has 27 heavy (non-hydrogen) atoms. The number of carbonyl (C=O) groups excluding carboxylic acids is 1. The molecule has 0 spiro atoms. The van der Waals surface area contributed by atoms with Crippen LogP contribution in [0.25, 0.3) is 0 Å². The maximum Gasteiger partial charge on any atom is 0.264 e. The summed E-state index contributed by atoms with van der Waals surface area (Å²) in [6.45, 7) is 2.22. The Kier molecular flexibility index (Phi) is 5.94. The van der Waals surface area contributed by atoms with Gasteiger partial charge in [0.15, 0.2) is 5.82 Å². The molecule has 0 atom stereocenters. The SMILES string of the molecule is CCC1(c2ccc(NC(=O)c3c(OC)cccc3OC)nn2)CCCCC1. The molecule has 144 valence electrons. The van der Waals surface area contributed by atoms with Gasteiger partial charge in [-0.15, -0.1) is 5.10 Å². The van der Waals surface area contributed by atoms with Gasteiger partial charge >= 0.3 is 0 Å². The lowest BCUT2D eigenvalue weighted by atomic mass is 9.70. The Morgan fingerprint density at radius 2 is 1.70 bits per heavy atom. The zero-order chi connectivity index (χ0) is 19.3.